The first-order chi connectivity index (χ1) is 6.65. The maximum absolute atomic E-state index is 10.8. The normalized spacial score (nSPS) is 8.79. The Hall–Kier alpha value is -2.28. The van der Waals surface area contributed by atoms with Crippen molar-refractivity contribution in [2.24, 2.45) is 0 Å². The lowest BCUT2D eigenvalue weighted by molar-refractivity contribution is -0.111. The predicted molar refractivity (Wildman–Crippen MR) is 50.9 cm³/mol. The van der Waals surface area contributed by atoms with Crippen LogP contribution in [0.15, 0.2) is 24.3 Å². The topological polar surface area (TPSA) is 66.4 Å². The summed E-state index contributed by atoms with van der Waals surface area (Å²) in [5.41, 5.74) is 0.207. The second-order valence-corrected chi connectivity index (χ2v) is 2.45. The van der Waals surface area contributed by atoms with E-state index in [1.165, 1.54) is 12.1 Å². The van der Waals surface area contributed by atoms with Gasteiger partial charge in [0, 0.05) is 0 Å². The molecule has 1 amide bonds. The number of carboxylic acids is 1. The highest BCUT2D eigenvalue weighted by Gasteiger charge is 2.09. The molecule has 70 valence electrons. The predicted octanol–water partition coefficient (Wildman–Crippen LogP) is 0.956. The van der Waals surface area contributed by atoms with E-state index >= 15 is 0 Å². The Bertz CT molecular complexity index is 418. The number of anilines is 1. The third kappa shape index (κ3) is 2.11. The van der Waals surface area contributed by atoms with Gasteiger partial charge >= 0.3 is 5.97 Å². The van der Waals surface area contributed by atoms with E-state index in [1.54, 1.807) is 12.1 Å². The number of nitrogens with one attached hydrogen (secondary N) is 1. The SMILES string of the molecule is C#CC(=O)Nc1ccccc1C(=O)O. The molecular weight excluding hydrogens is 182 g/mol. The van der Waals surface area contributed by atoms with Crippen molar-refractivity contribution in [1.29, 1.82) is 0 Å². The molecule has 2 N–H and O–H groups in total. The Morgan fingerprint density at radius 3 is 2.57 bits per heavy atom. The lowest BCUT2D eigenvalue weighted by Crippen LogP contribution is -2.11. The van der Waals surface area contributed by atoms with Gasteiger partial charge in [-0.05, 0) is 18.1 Å². The zero-order valence-electron chi connectivity index (χ0n) is 7.15. The number of rotatable bonds is 2. The molecule has 4 heteroatoms. The Labute approximate surface area is 80.6 Å². The molecule has 1 rings (SSSR count). The monoisotopic (exact) mass is 189 g/mol. The Balaban J connectivity index is 3.03. The number of hydrogen-bond donors (Lipinski definition) is 2. The quantitative estimate of drug-likeness (QED) is 0.681. The van der Waals surface area contributed by atoms with Gasteiger partial charge in [0.2, 0.25) is 0 Å². The minimum atomic E-state index is -1.11. The van der Waals surface area contributed by atoms with Crippen LogP contribution >= 0.6 is 0 Å². The first-order valence-electron chi connectivity index (χ1n) is 3.75. The summed E-state index contributed by atoms with van der Waals surface area (Å²) in [6.45, 7) is 0. The lowest BCUT2D eigenvalue weighted by Gasteiger charge is -2.04. The highest BCUT2D eigenvalue weighted by molar-refractivity contribution is 6.07. The smallest absolute Gasteiger partial charge is 0.337 e. The number of amides is 1. The standard InChI is InChI=1S/C10H7NO3/c1-2-9(12)11-8-6-4-3-5-7(8)10(13)14/h1,3-6H,(H,11,12)(H,13,14). The highest BCUT2D eigenvalue weighted by Crippen LogP contribution is 2.14. The number of aromatic carboxylic acids is 1. The maximum atomic E-state index is 10.8. The van der Waals surface area contributed by atoms with Gasteiger partial charge in [-0.15, -0.1) is 6.42 Å². The van der Waals surface area contributed by atoms with Gasteiger partial charge in [0.1, 0.15) is 0 Å². The van der Waals surface area contributed by atoms with Crippen LogP contribution in [0.3, 0.4) is 0 Å². The van der Waals surface area contributed by atoms with Gasteiger partial charge in [-0.1, -0.05) is 12.1 Å². The summed E-state index contributed by atoms with van der Waals surface area (Å²) in [7, 11) is 0. The summed E-state index contributed by atoms with van der Waals surface area (Å²) >= 11 is 0. The fourth-order valence-electron chi connectivity index (χ4n) is 0.937. The van der Waals surface area contributed by atoms with Crippen molar-refractivity contribution < 1.29 is 14.7 Å². The van der Waals surface area contributed by atoms with Crippen LogP contribution in [0.1, 0.15) is 10.4 Å². The van der Waals surface area contributed by atoms with Gasteiger partial charge in [-0.25, -0.2) is 4.79 Å². The van der Waals surface area contributed by atoms with Crippen molar-refractivity contribution in [3.63, 3.8) is 0 Å². The molecule has 0 heterocycles. The van der Waals surface area contributed by atoms with E-state index in [1.807, 2.05) is 5.92 Å². The number of carbonyl (C=O) groups excluding carboxylic acids is 1. The average molecular weight is 189 g/mol. The van der Waals surface area contributed by atoms with Crippen LogP contribution in [0.2, 0.25) is 0 Å². The largest absolute Gasteiger partial charge is 0.478 e. The molecule has 0 spiro atoms. The Morgan fingerprint density at radius 1 is 1.36 bits per heavy atom. The van der Waals surface area contributed by atoms with Crippen molar-refractivity contribution >= 4 is 17.6 Å². The van der Waals surface area contributed by atoms with Crippen molar-refractivity contribution in [3.8, 4) is 12.3 Å². The zero-order valence-corrected chi connectivity index (χ0v) is 7.15. The molecule has 14 heavy (non-hydrogen) atoms. The lowest BCUT2D eigenvalue weighted by atomic mass is 10.2. The molecule has 0 fully saturated rings. The number of carbonyl (C=O) groups is 2. The molecule has 0 bridgehead atoms. The maximum Gasteiger partial charge on any atom is 0.337 e. The van der Waals surface area contributed by atoms with E-state index in [0.29, 0.717) is 0 Å². The van der Waals surface area contributed by atoms with E-state index in [9.17, 15) is 9.59 Å². The molecule has 0 aromatic heterocycles. The first kappa shape index (κ1) is 9.81. The summed E-state index contributed by atoms with van der Waals surface area (Å²) in [6, 6.07) is 6.03. The molecule has 0 aliphatic heterocycles. The molecular formula is C10H7NO3. The van der Waals surface area contributed by atoms with Crippen molar-refractivity contribution in [3.05, 3.63) is 29.8 Å². The first-order valence-corrected chi connectivity index (χ1v) is 3.75. The van der Waals surface area contributed by atoms with Crippen molar-refractivity contribution in [1.82, 2.24) is 0 Å². The Morgan fingerprint density at radius 2 is 2.00 bits per heavy atom. The third-order valence-corrected chi connectivity index (χ3v) is 1.54. The summed E-state index contributed by atoms with van der Waals surface area (Å²) in [5.74, 6) is 0.0557. The van der Waals surface area contributed by atoms with Gasteiger partial charge in [0.15, 0.2) is 0 Å². The molecule has 0 saturated heterocycles. The van der Waals surface area contributed by atoms with Crippen LogP contribution in [0.5, 0.6) is 0 Å². The van der Waals surface area contributed by atoms with Crippen LogP contribution in [0.25, 0.3) is 0 Å². The van der Waals surface area contributed by atoms with Gasteiger partial charge in [-0.3, -0.25) is 4.79 Å². The fourth-order valence-corrected chi connectivity index (χ4v) is 0.937. The van der Waals surface area contributed by atoms with Crippen LogP contribution < -0.4 is 5.32 Å². The van der Waals surface area contributed by atoms with E-state index in [2.05, 4.69) is 5.32 Å². The highest BCUT2D eigenvalue weighted by atomic mass is 16.4. The van der Waals surface area contributed by atoms with E-state index in [-0.39, 0.29) is 11.3 Å². The number of carboxylic acid groups (broad SMARTS) is 1. The second-order valence-electron chi connectivity index (χ2n) is 2.45. The van der Waals surface area contributed by atoms with Crippen LogP contribution in [-0.4, -0.2) is 17.0 Å². The number of benzene rings is 1. The van der Waals surface area contributed by atoms with Crippen LogP contribution in [0, 0.1) is 12.3 Å². The molecule has 0 saturated carbocycles. The minimum Gasteiger partial charge on any atom is -0.478 e. The molecule has 4 nitrogen and oxygen atoms in total. The third-order valence-electron chi connectivity index (χ3n) is 1.54. The molecule has 1 aromatic carbocycles. The van der Waals surface area contributed by atoms with Gasteiger partial charge in [0.05, 0.1) is 11.3 Å². The molecule has 1 aromatic rings. The summed E-state index contributed by atoms with van der Waals surface area (Å²) in [6.07, 6.45) is 4.84. The summed E-state index contributed by atoms with van der Waals surface area (Å²) in [5, 5.41) is 11.0. The molecule has 0 atom stereocenters. The van der Waals surface area contributed by atoms with E-state index < -0.39 is 11.9 Å². The minimum absolute atomic E-state index is 0.0103. The average Bonchev–Trinajstić information content (AvgIpc) is 2.18. The molecule has 0 aliphatic rings. The molecule has 0 aliphatic carbocycles. The van der Waals surface area contributed by atoms with Crippen LogP contribution in [0.4, 0.5) is 5.69 Å². The Kier molecular flexibility index (Phi) is 2.87. The molecule has 0 radical (unpaired) electrons. The van der Waals surface area contributed by atoms with Crippen molar-refractivity contribution in [2.75, 3.05) is 5.32 Å². The van der Waals surface area contributed by atoms with Gasteiger partial charge in [0.25, 0.3) is 5.91 Å². The van der Waals surface area contributed by atoms with Gasteiger partial charge < -0.3 is 10.4 Å². The van der Waals surface area contributed by atoms with Crippen LogP contribution in [-0.2, 0) is 4.79 Å². The van der Waals surface area contributed by atoms with Crippen molar-refractivity contribution in [2.45, 2.75) is 0 Å². The number of terminal acetylenes is 1. The summed E-state index contributed by atoms with van der Waals surface area (Å²) < 4.78 is 0. The summed E-state index contributed by atoms with van der Waals surface area (Å²) in [4.78, 5) is 21.5. The number of hydrogen-bond acceptors (Lipinski definition) is 2. The van der Waals surface area contributed by atoms with Gasteiger partial charge in [-0.2, -0.15) is 0 Å². The zero-order chi connectivity index (χ0) is 10.6. The molecule has 0 unspecified atom stereocenters. The van der Waals surface area contributed by atoms with E-state index in [4.69, 9.17) is 11.5 Å². The fraction of sp³-hybridized carbons (Fsp3) is 0. The number of para-hydroxylation sites is 1. The second kappa shape index (κ2) is 4.10. The van der Waals surface area contributed by atoms with E-state index in [0.717, 1.165) is 0 Å².